The average Bonchev–Trinajstić information content (AvgIpc) is 2.52. The topological polar surface area (TPSA) is 12.0 Å². The molecular formula is C10H12Br2F3NS. The van der Waals surface area contributed by atoms with Gasteiger partial charge in [-0.2, -0.15) is 13.2 Å². The van der Waals surface area contributed by atoms with E-state index in [0.29, 0.717) is 6.42 Å². The highest BCUT2D eigenvalue weighted by Crippen LogP contribution is 2.37. The predicted octanol–water partition coefficient (Wildman–Crippen LogP) is 5.27. The molecule has 0 amide bonds. The van der Waals surface area contributed by atoms with Crippen molar-refractivity contribution in [1.82, 2.24) is 5.32 Å². The van der Waals surface area contributed by atoms with E-state index >= 15 is 0 Å². The summed E-state index contributed by atoms with van der Waals surface area (Å²) in [5.74, 6) is 0. The summed E-state index contributed by atoms with van der Waals surface area (Å²) in [6.45, 7) is 0. The average molecular weight is 395 g/mol. The van der Waals surface area contributed by atoms with Crippen molar-refractivity contribution in [2.24, 2.45) is 0 Å². The van der Waals surface area contributed by atoms with Crippen molar-refractivity contribution in [3.63, 3.8) is 0 Å². The Morgan fingerprint density at radius 3 is 2.47 bits per heavy atom. The Kier molecular flexibility index (Phi) is 5.95. The van der Waals surface area contributed by atoms with Gasteiger partial charge in [0, 0.05) is 21.8 Å². The highest BCUT2D eigenvalue weighted by Gasteiger charge is 2.27. The highest BCUT2D eigenvalue weighted by atomic mass is 79.9. The molecule has 0 saturated carbocycles. The maximum Gasteiger partial charge on any atom is 0.389 e. The molecule has 0 aliphatic heterocycles. The Hall–Kier alpha value is 0.410. The fourth-order valence-corrected chi connectivity index (χ4v) is 3.70. The second kappa shape index (κ2) is 6.54. The first-order chi connectivity index (χ1) is 7.83. The minimum Gasteiger partial charge on any atom is -0.312 e. The summed E-state index contributed by atoms with van der Waals surface area (Å²) in [6.07, 6.45) is -4.16. The molecule has 17 heavy (non-hydrogen) atoms. The van der Waals surface area contributed by atoms with E-state index in [4.69, 9.17) is 0 Å². The van der Waals surface area contributed by atoms with Crippen LogP contribution in [0.15, 0.2) is 14.3 Å². The van der Waals surface area contributed by atoms with Crippen molar-refractivity contribution in [3.05, 3.63) is 19.2 Å². The van der Waals surface area contributed by atoms with Gasteiger partial charge in [-0.3, -0.25) is 0 Å². The molecule has 7 heteroatoms. The lowest BCUT2D eigenvalue weighted by molar-refractivity contribution is -0.135. The van der Waals surface area contributed by atoms with E-state index < -0.39 is 12.6 Å². The third-order valence-corrected chi connectivity index (χ3v) is 5.68. The summed E-state index contributed by atoms with van der Waals surface area (Å²) in [6, 6.07) is 1.91. The van der Waals surface area contributed by atoms with Crippen LogP contribution >= 0.6 is 43.2 Å². The van der Waals surface area contributed by atoms with Crippen LogP contribution in [0.1, 0.15) is 30.2 Å². The van der Waals surface area contributed by atoms with E-state index in [2.05, 4.69) is 37.2 Å². The zero-order valence-electron chi connectivity index (χ0n) is 9.07. The third kappa shape index (κ3) is 5.28. The van der Waals surface area contributed by atoms with Crippen LogP contribution in [0.3, 0.4) is 0 Å². The fourth-order valence-electron chi connectivity index (χ4n) is 1.47. The Balaban J connectivity index is 2.54. The number of hydrogen-bond donors (Lipinski definition) is 1. The minimum atomic E-state index is -4.06. The maximum absolute atomic E-state index is 12.0. The van der Waals surface area contributed by atoms with Crippen molar-refractivity contribution in [3.8, 4) is 0 Å². The van der Waals surface area contributed by atoms with Crippen LogP contribution < -0.4 is 5.32 Å². The molecule has 1 atom stereocenters. The van der Waals surface area contributed by atoms with Gasteiger partial charge in [0.2, 0.25) is 0 Å². The monoisotopic (exact) mass is 393 g/mol. The standard InChI is InChI=1S/C10H12Br2F3NS/c1-16-7(3-2-4-10(13,14)15)8-5-6(11)9(12)17-8/h5,7,16H,2-4H2,1H3. The van der Waals surface area contributed by atoms with Gasteiger partial charge >= 0.3 is 6.18 Å². The molecular weight excluding hydrogens is 383 g/mol. The molecule has 0 aliphatic rings. The van der Waals surface area contributed by atoms with Gasteiger partial charge in [0.15, 0.2) is 0 Å². The fraction of sp³-hybridized carbons (Fsp3) is 0.600. The van der Waals surface area contributed by atoms with Crippen LogP contribution in [0.2, 0.25) is 0 Å². The number of rotatable bonds is 5. The number of halogens is 5. The SMILES string of the molecule is CNC(CCCC(F)(F)F)c1cc(Br)c(Br)s1. The van der Waals surface area contributed by atoms with Crippen LogP contribution in [-0.4, -0.2) is 13.2 Å². The molecule has 0 fully saturated rings. The van der Waals surface area contributed by atoms with Crippen LogP contribution in [-0.2, 0) is 0 Å². The Bertz CT molecular complexity index is 345. The molecule has 98 valence electrons. The van der Waals surface area contributed by atoms with Crippen LogP contribution in [0.4, 0.5) is 13.2 Å². The van der Waals surface area contributed by atoms with Crippen molar-refractivity contribution >= 4 is 43.2 Å². The molecule has 1 heterocycles. The van der Waals surface area contributed by atoms with Gasteiger partial charge in [0.25, 0.3) is 0 Å². The highest BCUT2D eigenvalue weighted by molar-refractivity contribution is 9.13. The number of alkyl halides is 3. The molecule has 0 spiro atoms. The first-order valence-electron chi connectivity index (χ1n) is 5.02. The first-order valence-corrected chi connectivity index (χ1v) is 7.42. The van der Waals surface area contributed by atoms with Crippen molar-refractivity contribution in [1.29, 1.82) is 0 Å². The van der Waals surface area contributed by atoms with Crippen molar-refractivity contribution < 1.29 is 13.2 Å². The predicted molar refractivity (Wildman–Crippen MR) is 71.4 cm³/mol. The van der Waals surface area contributed by atoms with E-state index in [-0.39, 0.29) is 12.5 Å². The molecule has 1 rings (SSSR count). The Morgan fingerprint density at radius 2 is 2.06 bits per heavy atom. The van der Waals surface area contributed by atoms with Gasteiger partial charge < -0.3 is 5.32 Å². The third-order valence-electron chi connectivity index (χ3n) is 2.31. The second-order valence-corrected chi connectivity index (χ2v) is 6.88. The molecule has 1 N–H and O–H groups in total. The summed E-state index contributed by atoms with van der Waals surface area (Å²) in [5, 5.41) is 3.05. The Labute approximate surface area is 119 Å². The molecule has 0 radical (unpaired) electrons. The summed E-state index contributed by atoms with van der Waals surface area (Å²) in [5.41, 5.74) is 0. The van der Waals surface area contributed by atoms with Crippen molar-refractivity contribution in [2.75, 3.05) is 7.05 Å². The Morgan fingerprint density at radius 1 is 1.41 bits per heavy atom. The lowest BCUT2D eigenvalue weighted by atomic mass is 10.1. The molecule has 1 aromatic heterocycles. The summed E-state index contributed by atoms with van der Waals surface area (Å²) in [7, 11) is 1.76. The molecule has 0 aliphatic carbocycles. The summed E-state index contributed by atoms with van der Waals surface area (Å²) < 4.78 is 38.0. The van der Waals surface area contributed by atoms with E-state index in [1.807, 2.05) is 6.07 Å². The zero-order chi connectivity index (χ0) is 13.1. The molecule has 1 nitrogen and oxygen atoms in total. The second-order valence-electron chi connectivity index (χ2n) is 3.62. The summed E-state index contributed by atoms with van der Waals surface area (Å²) in [4.78, 5) is 1.04. The molecule has 1 aromatic rings. The molecule has 1 unspecified atom stereocenters. The van der Waals surface area contributed by atoms with Gasteiger partial charge in [0.05, 0.1) is 3.79 Å². The van der Waals surface area contributed by atoms with Crippen LogP contribution in [0, 0.1) is 0 Å². The van der Waals surface area contributed by atoms with Crippen molar-refractivity contribution in [2.45, 2.75) is 31.5 Å². The first kappa shape index (κ1) is 15.5. The van der Waals surface area contributed by atoms with E-state index in [1.165, 1.54) is 11.3 Å². The lowest BCUT2D eigenvalue weighted by Crippen LogP contribution is -2.16. The van der Waals surface area contributed by atoms with Gasteiger partial charge in [0.1, 0.15) is 0 Å². The molecule has 0 bridgehead atoms. The van der Waals surface area contributed by atoms with E-state index in [9.17, 15) is 13.2 Å². The van der Waals surface area contributed by atoms with Gasteiger partial charge in [-0.25, -0.2) is 0 Å². The van der Waals surface area contributed by atoms with E-state index in [0.717, 1.165) is 13.1 Å². The zero-order valence-corrected chi connectivity index (χ0v) is 13.1. The quantitative estimate of drug-likeness (QED) is 0.717. The van der Waals surface area contributed by atoms with Crippen LogP contribution in [0.5, 0.6) is 0 Å². The van der Waals surface area contributed by atoms with Gasteiger partial charge in [-0.15, -0.1) is 11.3 Å². The van der Waals surface area contributed by atoms with Crippen LogP contribution in [0.25, 0.3) is 0 Å². The number of thiophene rings is 1. The normalized spacial score (nSPS) is 14.0. The number of nitrogens with one attached hydrogen (secondary N) is 1. The van der Waals surface area contributed by atoms with E-state index in [1.54, 1.807) is 7.05 Å². The largest absolute Gasteiger partial charge is 0.389 e. The smallest absolute Gasteiger partial charge is 0.312 e. The molecule has 0 aromatic carbocycles. The molecule has 0 saturated heterocycles. The lowest BCUT2D eigenvalue weighted by Gasteiger charge is -2.14. The number of hydrogen-bond acceptors (Lipinski definition) is 2. The maximum atomic E-state index is 12.0. The van der Waals surface area contributed by atoms with Gasteiger partial charge in [-0.1, -0.05) is 0 Å². The summed E-state index contributed by atoms with van der Waals surface area (Å²) >= 11 is 8.28. The van der Waals surface area contributed by atoms with Gasteiger partial charge in [-0.05, 0) is 57.8 Å². The minimum absolute atomic E-state index is 0.0232.